The summed E-state index contributed by atoms with van der Waals surface area (Å²) in [5.74, 6) is 0.478. The van der Waals surface area contributed by atoms with Crippen molar-refractivity contribution < 1.29 is 20.4 Å². The molecule has 0 aliphatic heterocycles. The zero-order valence-corrected chi connectivity index (χ0v) is 19.2. The van der Waals surface area contributed by atoms with Crippen molar-refractivity contribution in [3.05, 3.63) is 12.2 Å². The van der Waals surface area contributed by atoms with E-state index in [-0.39, 0.29) is 27.5 Å². The number of aliphatic hydroxyl groups excluding tert-OH is 1. The molecule has 4 nitrogen and oxygen atoms in total. The maximum absolute atomic E-state index is 11.5. The fourth-order valence-electron chi connectivity index (χ4n) is 6.54. The van der Waals surface area contributed by atoms with Gasteiger partial charge in [0.2, 0.25) is 0 Å². The average molecular weight is 496 g/mol. The normalized spacial score (nSPS) is 54.1. The van der Waals surface area contributed by atoms with Crippen LogP contribution in [0.15, 0.2) is 12.2 Å². The van der Waals surface area contributed by atoms with Crippen molar-refractivity contribution in [2.75, 3.05) is 5.33 Å². The maximum Gasteiger partial charge on any atom is 0.115 e. The monoisotopic (exact) mass is 494 g/mol. The first-order chi connectivity index (χ1) is 12.1. The lowest BCUT2D eigenvalue weighted by Crippen LogP contribution is -2.70. The molecule has 0 spiro atoms. The van der Waals surface area contributed by atoms with Crippen LogP contribution in [0.5, 0.6) is 0 Å². The van der Waals surface area contributed by atoms with Crippen molar-refractivity contribution in [2.24, 2.45) is 34.5 Å². The first-order valence-electron chi connectivity index (χ1n) is 9.65. The highest BCUT2D eigenvalue weighted by Gasteiger charge is 2.68. The Hall–Kier alpha value is 0.540. The van der Waals surface area contributed by atoms with Crippen molar-refractivity contribution in [2.45, 2.75) is 69.6 Å². The third kappa shape index (κ3) is 2.81. The summed E-state index contributed by atoms with van der Waals surface area (Å²) < 4.78 is 0. The van der Waals surface area contributed by atoms with Gasteiger partial charge in [-0.3, -0.25) is 5.26 Å². The fourth-order valence-corrected chi connectivity index (χ4v) is 8.43. The minimum atomic E-state index is -1.24. The number of allylic oxidation sites excluding steroid dienone is 1. The third-order valence-electron chi connectivity index (χ3n) is 7.93. The highest BCUT2D eigenvalue weighted by Crippen LogP contribution is 2.67. The van der Waals surface area contributed by atoms with E-state index in [9.17, 15) is 15.5 Å². The van der Waals surface area contributed by atoms with Crippen molar-refractivity contribution >= 4 is 31.9 Å². The lowest BCUT2D eigenvalue weighted by atomic mass is 9.41. The summed E-state index contributed by atoms with van der Waals surface area (Å²) in [5, 5.41) is 32.7. The number of rotatable bonds is 3. The number of fused-ring (bicyclic) bond motifs is 3. The van der Waals surface area contributed by atoms with Crippen LogP contribution in [-0.2, 0) is 4.89 Å². The molecule has 3 rings (SSSR count). The molecule has 0 aromatic heterocycles. The van der Waals surface area contributed by atoms with Gasteiger partial charge in [-0.2, -0.15) is 0 Å². The lowest BCUT2D eigenvalue weighted by molar-refractivity contribution is -0.318. The zero-order chi connectivity index (χ0) is 19.5. The molecule has 0 heterocycles. The van der Waals surface area contributed by atoms with Crippen molar-refractivity contribution in [3.8, 4) is 0 Å². The van der Waals surface area contributed by atoms with E-state index < -0.39 is 17.8 Å². The number of halogens is 2. The predicted molar refractivity (Wildman–Crippen MR) is 109 cm³/mol. The van der Waals surface area contributed by atoms with Gasteiger partial charge < -0.3 is 10.2 Å². The van der Waals surface area contributed by atoms with Gasteiger partial charge in [0.15, 0.2) is 0 Å². The van der Waals surface area contributed by atoms with Gasteiger partial charge >= 0.3 is 0 Å². The molecule has 150 valence electrons. The van der Waals surface area contributed by atoms with E-state index in [1.165, 1.54) is 0 Å². The average Bonchev–Trinajstić information content (AvgIpc) is 2.58. The van der Waals surface area contributed by atoms with E-state index in [1.54, 1.807) is 6.92 Å². The molecule has 26 heavy (non-hydrogen) atoms. The molecule has 3 aliphatic carbocycles. The summed E-state index contributed by atoms with van der Waals surface area (Å²) in [7, 11) is 0. The Balaban J connectivity index is 2.20. The van der Waals surface area contributed by atoms with Gasteiger partial charge in [-0.1, -0.05) is 64.8 Å². The van der Waals surface area contributed by atoms with Crippen molar-refractivity contribution in [1.82, 2.24) is 0 Å². The highest BCUT2D eigenvalue weighted by molar-refractivity contribution is 9.09. The van der Waals surface area contributed by atoms with E-state index >= 15 is 0 Å². The van der Waals surface area contributed by atoms with E-state index in [2.05, 4.69) is 58.7 Å². The summed E-state index contributed by atoms with van der Waals surface area (Å²) >= 11 is 7.60. The molecular weight excluding hydrogens is 464 g/mol. The molecular formula is C20H32Br2O4. The summed E-state index contributed by atoms with van der Waals surface area (Å²) in [5.41, 5.74) is -1.54. The Bertz CT molecular complexity index is 566. The summed E-state index contributed by atoms with van der Waals surface area (Å²) in [6, 6.07) is 0. The van der Waals surface area contributed by atoms with Gasteiger partial charge in [0.05, 0.1) is 11.7 Å². The number of hydrogen-bond donors (Lipinski definition) is 3. The van der Waals surface area contributed by atoms with Gasteiger partial charge in [-0.05, 0) is 48.9 Å². The molecule has 0 amide bonds. The molecule has 6 heteroatoms. The molecule has 2 saturated carbocycles. The van der Waals surface area contributed by atoms with Crippen LogP contribution in [0.25, 0.3) is 0 Å². The maximum atomic E-state index is 11.5. The fraction of sp³-hybridized carbons (Fsp3) is 0.900. The minimum absolute atomic E-state index is 0.0898. The SMILES string of the molecule is CC(C)[C@@H]1C=C[C@H](OO)[C@H]2[C@@H]3[C@](C)(O)[C@@H](O)C[C@H](Br)[C@@]3(C)CC[C@@]21CBr. The summed E-state index contributed by atoms with van der Waals surface area (Å²) in [6.07, 6.45) is 5.35. The van der Waals surface area contributed by atoms with Crippen LogP contribution in [0, 0.1) is 34.5 Å². The van der Waals surface area contributed by atoms with Crippen molar-refractivity contribution in [3.63, 3.8) is 0 Å². The lowest BCUT2D eigenvalue weighted by Gasteiger charge is -2.67. The second-order valence-corrected chi connectivity index (χ2v) is 11.2. The van der Waals surface area contributed by atoms with Gasteiger partial charge in [0.25, 0.3) is 0 Å². The molecule has 0 aromatic rings. The molecule has 2 fully saturated rings. The van der Waals surface area contributed by atoms with Crippen LogP contribution in [0.4, 0.5) is 0 Å². The molecule has 3 N–H and O–H groups in total. The second-order valence-electron chi connectivity index (χ2n) is 9.55. The number of aliphatic hydroxyl groups is 2. The number of hydrogen-bond acceptors (Lipinski definition) is 4. The van der Waals surface area contributed by atoms with Crippen LogP contribution < -0.4 is 0 Å². The molecule has 0 aromatic carbocycles. The van der Waals surface area contributed by atoms with Crippen LogP contribution in [0.1, 0.15) is 47.0 Å². The number of alkyl halides is 2. The topological polar surface area (TPSA) is 69.9 Å². The summed E-state index contributed by atoms with van der Waals surface area (Å²) in [6.45, 7) is 8.44. The Morgan fingerprint density at radius 1 is 1.23 bits per heavy atom. The molecule has 3 aliphatic rings. The summed E-state index contributed by atoms with van der Waals surface area (Å²) in [4.78, 5) is 5.07. The van der Waals surface area contributed by atoms with Crippen molar-refractivity contribution in [1.29, 1.82) is 0 Å². The second kappa shape index (κ2) is 7.10. The Kier molecular flexibility index (Phi) is 5.80. The Morgan fingerprint density at radius 2 is 1.88 bits per heavy atom. The van der Waals surface area contributed by atoms with Crippen LogP contribution in [0.2, 0.25) is 0 Å². The first-order valence-corrected chi connectivity index (χ1v) is 11.7. The predicted octanol–water partition coefficient (Wildman–Crippen LogP) is 4.38. The highest BCUT2D eigenvalue weighted by atomic mass is 79.9. The van der Waals surface area contributed by atoms with E-state index in [0.717, 1.165) is 18.2 Å². The molecule has 9 atom stereocenters. The van der Waals surface area contributed by atoms with Crippen LogP contribution in [0.3, 0.4) is 0 Å². The van der Waals surface area contributed by atoms with E-state index in [4.69, 9.17) is 4.89 Å². The molecule has 0 unspecified atom stereocenters. The Labute approximate surface area is 173 Å². The Morgan fingerprint density at radius 3 is 2.42 bits per heavy atom. The van der Waals surface area contributed by atoms with E-state index in [1.807, 2.05) is 6.08 Å². The van der Waals surface area contributed by atoms with Gasteiger partial charge in [0.1, 0.15) is 6.10 Å². The smallest absolute Gasteiger partial charge is 0.115 e. The van der Waals surface area contributed by atoms with Crippen LogP contribution >= 0.6 is 31.9 Å². The standard InChI is InChI=1S/C20H32Br2O4/c1-11(2)12-5-6-13(26-25)16-17-18(3,7-8-20(12,16)10-21)14(22)9-15(23)19(17,4)24/h5-6,11-17,23-25H,7-10H2,1-4H3/t12-,13-,14-,15-,16-,17-,18+,19+,20-/m0/s1. The molecule has 0 radical (unpaired) electrons. The zero-order valence-electron chi connectivity index (χ0n) is 16.0. The molecule has 0 bridgehead atoms. The largest absolute Gasteiger partial charge is 0.390 e. The van der Waals surface area contributed by atoms with Gasteiger partial charge in [-0.25, -0.2) is 4.89 Å². The quantitative estimate of drug-likeness (QED) is 0.235. The van der Waals surface area contributed by atoms with Gasteiger partial charge in [0, 0.05) is 22.0 Å². The molecule has 0 saturated heterocycles. The minimum Gasteiger partial charge on any atom is -0.390 e. The van der Waals surface area contributed by atoms with E-state index in [0.29, 0.717) is 18.3 Å². The third-order valence-corrected chi connectivity index (χ3v) is 10.4. The van der Waals surface area contributed by atoms with Crippen LogP contribution in [-0.4, -0.2) is 43.4 Å². The van der Waals surface area contributed by atoms with Gasteiger partial charge in [-0.15, -0.1) is 0 Å². The first kappa shape index (κ1) is 21.3.